The quantitative estimate of drug-likeness (QED) is 0.619. The Bertz CT molecular complexity index is 1110. The Morgan fingerprint density at radius 2 is 1.66 bits per heavy atom. The van der Waals surface area contributed by atoms with Crippen LogP contribution in [0.4, 0.5) is 13.2 Å². The molecule has 0 aliphatic carbocycles. The molecule has 2 aromatic heterocycles. The summed E-state index contributed by atoms with van der Waals surface area (Å²) in [6.07, 6.45) is 0.702. The number of rotatable bonds is 4. The highest BCUT2D eigenvalue weighted by Gasteiger charge is 2.32. The van der Waals surface area contributed by atoms with Crippen molar-refractivity contribution in [2.45, 2.75) is 19.5 Å². The maximum absolute atomic E-state index is 13.3. The van der Waals surface area contributed by atoms with E-state index in [2.05, 4.69) is 5.10 Å². The SMILES string of the molecule is CCC(=O)N1CCN(C(=O)c2cnn(-c3cccc(C(F)(F)F)c3)c2-n2cccc2)CC1. The van der Waals surface area contributed by atoms with Crippen LogP contribution in [-0.4, -0.2) is 62.1 Å². The van der Waals surface area contributed by atoms with Gasteiger partial charge in [-0.2, -0.15) is 18.3 Å². The van der Waals surface area contributed by atoms with Crippen LogP contribution in [-0.2, 0) is 11.0 Å². The molecule has 1 aliphatic heterocycles. The number of aromatic nitrogens is 3. The minimum Gasteiger partial charge on any atom is -0.339 e. The van der Waals surface area contributed by atoms with Gasteiger partial charge in [0.1, 0.15) is 5.56 Å². The molecule has 10 heteroatoms. The van der Waals surface area contributed by atoms with E-state index in [0.717, 1.165) is 12.1 Å². The minimum atomic E-state index is -4.50. The Balaban J connectivity index is 1.69. The molecule has 1 aliphatic rings. The lowest BCUT2D eigenvalue weighted by Gasteiger charge is -2.34. The zero-order valence-corrected chi connectivity index (χ0v) is 17.4. The lowest BCUT2D eigenvalue weighted by Crippen LogP contribution is -2.50. The summed E-state index contributed by atoms with van der Waals surface area (Å²) in [5, 5.41) is 4.25. The summed E-state index contributed by atoms with van der Waals surface area (Å²) in [4.78, 5) is 28.6. The van der Waals surface area contributed by atoms with Crippen LogP contribution in [0.3, 0.4) is 0 Å². The van der Waals surface area contributed by atoms with Crippen molar-refractivity contribution in [3.05, 3.63) is 66.1 Å². The number of alkyl halides is 3. The summed E-state index contributed by atoms with van der Waals surface area (Å²) in [5.41, 5.74) is -0.330. The third-order valence-electron chi connectivity index (χ3n) is 5.46. The standard InChI is InChI=1S/C22H22F3N5O2/c1-2-19(31)27-10-12-29(13-11-27)21(32)18-15-26-30(20(18)28-8-3-4-9-28)17-7-5-6-16(14-17)22(23,24)25/h3-9,14-15H,2,10-13H2,1H3. The molecule has 0 radical (unpaired) electrons. The van der Waals surface area contributed by atoms with E-state index in [1.165, 1.54) is 23.0 Å². The first-order chi connectivity index (χ1) is 15.3. The Kier molecular flexibility index (Phi) is 5.77. The maximum atomic E-state index is 13.3. The van der Waals surface area contributed by atoms with Crippen molar-refractivity contribution in [3.8, 4) is 11.5 Å². The van der Waals surface area contributed by atoms with Crippen molar-refractivity contribution in [1.29, 1.82) is 0 Å². The molecule has 4 rings (SSSR count). The molecule has 3 heterocycles. The largest absolute Gasteiger partial charge is 0.416 e. The van der Waals surface area contributed by atoms with Crippen molar-refractivity contribution in [1.82, 2.24) is 24.1 Å². The number of carbonyl (C=O) groups excluding carboxylic acids is 2. The summed E-state index contributed by atoms with van der Waals surface area (Å²) in [7, 11) is 0. The average molecular weight is 445 g/mol. The van der Waals surface area contributed by atoms with E-state index in [9.17, 15) is 22.8 Å². The van der Waals surface area contributed by atoms with Gasteiger partial charge in [0.2, 0.25) is 5.91 Å². The molecule has 0 atom stereocenters. The third kappa shape index (κ3) is 4.12. The Morgan fingerprint density at radius 3 is 2.28 bits per heavy atom. The topological polar surface area (TPSA) is 63.4 Å². The molecule has 1 saturated heterocycles. The van der Waals surface area contributed by atoms with Crippen LogP contribution in [0.25, 0.3) is 11.5 Å². The molecule has 0 saturated carbocycles. The lowest BCUT2D eigenvalue weighted by molar-refractivity contribution is -0.137. The van der Waals surface area contributed by atoms with Crippen LogP contribution in [0, 0.1) is 0 Å². The first-order valence-electron chi connectivity index (χ1n) is 10.3. The first kappa shape index (κ1) is 21.7. The van der Waals surface area contributed by atoms with E-state index in [1.54, 1.807) is 45.8 Å². The summed E-state index contributed by atoms with van der Waals surface area (Å²) >= 11 is 0. The Labute approximate surface area is 182 Å². The van der Waals surface area contributed by atoms with Gasteiger partial charge in [-0.1, -0.05) is 13.0 Å². The predicted molar refractivity (Wildman–Crippen MR) is 111 cm³/mol. The van der Waals surface area contributed by atoms with Crippen LogP contribution >= 0.6 is 0 Å². The second kappa shape index (κ2) is 8.52. The van der Waals surface area contributed by atoms with Gasteiger partial charge in [-0.05, 0) is 30.3 Å². The highest BCUT2D eigenvalue weighted by atomic mass is 19.4. The third-order valence-corrected chi connectivity index (χ3v) is 5.46. The average Bonchev–Trinajstić information content (AvgIpc) is 3.47. The van der Waals surface area contributed by atoms with Gasteiger partial charge in [0.05, 0.1) is 17.4 Å². The molecule has 0 unspecified atom stereocenters. The number of piperazine rings is 1. The van der Waals surface area contributed by atoms with E-state index in [1.807, 2.05) is 0 Å². The molecule has 1 fully saturated rings. The fourth-order valence-electron chi connectivity index (χ4n) is 3.77. The van der Waals surface area contributed by atoms with Gasteiger partial charge in [0.15, 0.2) is 5.82 Å². The molecular weight excluding hydrogens is 423 g/mol. The number of hydrogen-bond donors (Lipinski definition) is 0. The number of carbonyl (C=O) groups is 2. The van der Waals surface area contributed by atoms with E-state index in [0.29, 0.717) is 38.4 Å². The molecule has 0 spiro atoms. The Morgan fingerprint density at radius 1 is 1.00 bits per heavy atom. The van der Waals surface area contributed by atoms with Crippen LogP contribution in [0.2, 0.25) is 0 Å². The monoisotopic (exact) mass is 445 g/mol. The van der Waals surface area contributed by atoms with Crippen molar-refractivity contribution in [2.75, 3.05) is 26.2 Å². The number of amides is 2. The van der Waals surface area contributed by atoms with Crippen LogP contribution < -0.4 is 0 Å². The molecule has 168 valence electrons. The summed E-state index contributed by atoms with van der Waals surface area (Å²) in [6, 6.07) is 8.33. The number of nitrogens with zero attached hydrogens (tertiary/aromatic N) is 5. The first-order valence-corrected chi connectivity index (χ1v) is 10.3. The van der Waals surface area contributed by atoms with Crippen LogP contribution in [0.1, 0.15) is 29.3 Å². The lowest BCUT2D eigenvalue weighted by atomic mass is 10.2. The predicted octanol–water partition coefficient (Wildman–Crippen LogP) is 3.38. The van der Waals surface area contributed by atoms with Crippen molar-refractivity contribution in [3.63, 3.8) is 0 Å². The van der Waals surface area contributed by atoms with E-state index < -0.39 is 11.7 Å². The second-order valence-electron chi connectivity index (χ2n) is 7.46. The molecule has 7 nitrogen and oxygen atoms in total. The fraction of sp³-hybridized carbons (Fsp3) is 0.318. The molecule has 0 bridgehead atoms. The van der Waals surface area contributed by atoms with Crippen molar-refractivity contribution < 1.29 is 22.8 Å². The van der Waals surface area contributed by atoms with Gasteiger partial charge in [0, 0.05) is 45.0 Å². The second-order valence-corrected chi connectivity index (χ2v) is 7.46. The summed E-state index contributed by atoms with van der Waals surface area (Å²) in [6.45, 7) is 3.44. The van der Waals surface area contributed by atoms with Gasteiger partial charge >= 0.3 is 6.18 Å². The molecule has 32 heavy (non-hydrogen) atoms. The van der Waals surface area contributed by atoms with Gasteiger partial charge in [-0.15, -0.1) is 0 Å². The van der Waals surface area contributed by atoms with E-state index >= 15 is 0 Å². The number of halogens is 3. The molecule has 3 aromatic rings. The van der Waals surface area contributed by atoms with E-state index in [4.69, 9.17) is 0 Å². The van der Waals surface area contributed by atoms with Gasteiger partial charge in [-0.3, -0.25) is 9.59 Å². The highest BCUT2D eigenvalue weighted by Crippen LogP contribution is 2.31. The molecule has 1 aromatic carbocycles. The zero-order valence-electron chi connectivity index (χ0n) is 17.4. The summed E-state index contributed by atoms with van der Waals surface area (Å²) in [5.74, 6) is 0.115. The minimum absolute atomic E-state index is 0.0440. The number of benzene rings is 1. The molecule has 0 N–H and O–H groups in total. The fourth-order valence-corrected chi connectivity index (χ4v) is 3.77. The summed E-state index contributed by atoms with van der Waals surface area (Å²) < 4.78 is 42.7. The normalized spacial score (nSPS) is 14.6. The van der Waals surface area contributed by atoms with Crippen LogP contribution in [0.15, 0.2) is 55.0 Å². The van der Waals surface area contributed by atoms with Crippen LogP contribution in [0.5, 0.6) is 0 Å². The smallest absolute Gasteiger partial charge is 0.339 e. The zero-order chi connectivity index (χ0) is 22.9. The molecular formula is C22H22F3N5O2. The maximum Gasteiger partial charge on any atom is 0.416 e. The van der Waals surface area contributed by atoms with Crippen molar-refractivity contribution in [2.24, 2.45) is 0 Å². The Hall–Kier alpha value is -3.56. The molecule has 2 amide bonds. The van der Waals surface area contributed by atoms with Gasteiger partial charge in [-0.25, -0.2) is 4.68 Å². The van der Waals surface area contributed by atoms with E-state index in [-0.39, 0.29) is 23.1 Å². The highest BCUT2D eigenvalue weighted by molar-refractivity contribution is 5.97. The van der Waals surface area contributed by atoms with Crippen molar-refractivity contribution >= 4 is 11.8 Å². The number of hydrogen-bond acceptors (Lipinski definition) is 3. The van der Waals surface area contributed by atoms with Gasteiger partial charge in [0.25, 0.3) is 5.91 Å². The van der Waals surface area contributed by atoms with Gasteiger partial charge < -0.3 is 14.4 Å².